The Morgan fingerprint density at radius 1 is 1.09 bits per heavy atom. The van der Waals surface area contributed by atoms with Crippen LogP contribution in [-0.2, 0) is 20.8 Å². The molecule has 176 valence electrons. The highest BCUT2D eigenvalue weighted by Crippen LogP contribution is 2.39. The number of aromatic amines is 1. The lowest BCUT2D eigenvalue weighted by atomic mass is 9.94. The predicted octanol–water partition coefficient (Wildman–Crippen LogP) is 4.31. The molecule has 2 aromatic heterocycles. The van der Waals surface area contributed by atoms with Crippen molar-refractivity contribution >= 4 is 28.7 Å². The monoisotopic (exact) mass is 470 g/mol. The average molecular weight is 470 g/mol. The number of benzene rings is 2. The molecule has 8 nitrogen and oxygen atoms in total. The molecule has 0 bridgehead atoms. The van der Waals surface area contributed by atoms with Gasteiger partial charge in [-0.1, -0.05) is 48.0 Å². The molecule has 1 aliphatic heterocycles. The van der Waals surface area contributed by atoms with Crippen molar-refractivity contribution in [3.8, 4) is 0 Å². The van der Waals surface area contributed by atoms with Crippen molar-refractivity contribution in [3.63, 3.8) is 0 Å². The molecule has 0 aliphatic carbocycles. The number of aliphatic hydroxyl groups is 1. The number of carbonyl (C=O) groups excluding carboxylic acids is 4. The Morgan fingerprint density at radius 3 is 2.49 bits per heavy atom. The van der Waals surface area contributed by atoms with Crippen LogP contribution in [0.3, 0.4) is 0 Å². The standard InChI is InChI=1S/C26H22N2O4.CO2/c1-16-8-10-17(11-9-16)23-22(24(29)21-7-4-14-32-21)25(30)26(31)28(23)13-12-18-15-27-20-6-3-2-5-19(18)20;2-1-3/h2-11,14-15,23,27,30H,12-13H2,1H3;. The lowest BCUT2D eigenvalue weighted by Crippen LogP contribution is -2.33. The molecule has 0 saturated heterocycles. The van der Waals surface area contributed by atoms with Gasteiger partial charge in [0.05, 0.1) is 17.9 Å². The van der Waals surface area contributed by atoms with Gasteiger partial charge in [-0.05, 0) is 42.7 Å². The number of aliphatic hydroxyl groups excluding tert-OH is 1. The zero-order valence-electron chi connectivity index (χ0n) is 18.9. The lowest BCUT2D eigenvalue weighted by Gasteiger charge is -2.26. The third-order valence-electron chi connectivity index (χ3n) is 5.98. The van der Waals surface area contributed by atoms with Crippen LogP contribution in [0.4, 0.5) is 0 Å². The first-order chi connectivity index (χ1) is 17.0. The zero-order chi connectivity index (χ0) is 24.9. The number of H-pyrrole nitrogens is 1. The number of hydrogen-bond donors (Lipinski definition) is 2. The number of para-hydroxylation sites is 1. The van der Waals surface area contributed by atoms with Crippen molar-refractivity contribution in [3.05, 3.63) is 107 Å². The molecule has 3 heterocycles. The zero-order valence-corrected chi connectivity index (χ0v) is 18.9. The Morgan fingerprint density at radius 2 is 1.80 bits per heavy atom. The van der Waals surface area contributed by atoms with E-state index < -0.39 is 23.5 Å². The van der Waals surface area contributed by atoms with E-state index in [1.54, 1.807) is 11.0 Å². The fourth-order valence-electron chi connectivity index (χ4n) is 4.33. The summed E-state index contributed by atoms with van der Waals surface area (Å²) in [6.45, 7) is 2.32. The predicted molar refractivity (Wildman–Crippen MR) is 125 cm³/mol. The lowest BCUT2D eigenvalue weighted by molar-refractivity contribution is -0.191. The summed E-state index contributed by atoms with van der Waals surface area (Å²) in [4.78, 5) is 47.3. The smallest absolute Gasteiger partial charge is 0.373 e. The van der Waals surface area contributed by atoms with Crippen LogP contribution in [0.25, 0.3) is 10.9 Å². The Hall–Kier alpha value is -4.68. The minimum atomic E-state index is -0.689. The third-order valence-corrected chi connectivity index (χ3v) is 5.98. The number of fused-ring (bicyclic) bond motifs is 1. The Kier molecular flexibility index (Phi) is 6.76. The van der Waals surface area contributed by atoms with Gasteiger partial charge in [0.2, 0.25) is 5.78 Å². The fourth-order valence-corrected chi connectivity index (χ4v) is 4.33. The van der Waals surface area contributed by atoms with Crippen LogP contribution >= 0.6 is 0 Å². The van der Waals surface area contributed by atoms with Crippen molar-refractivity contribution in [2.75, 3.05) is 6.54 Å². The van der Waals surface area contributed by atoms with Crippen molar-refractivity contribution in [2.45, 2.75) is 19.4 Å². The van der Waals surface area contributed by atoms with Gasteiger partial charge in [0, 0.05) is 23.6 Å². The first-order valence-electron chi connectivity index (χ1n) is 10.9. The summed E-state index contributed by atoms with van der Waals surface area (Å²) in [6, 6.07) is 18.1. The molecule has 35 heavy (non-hydrogen) atoms. The van der Waals surface area contributed by atoms with Gasteiger partial charge in [-0.25, -0.2) is 0 Å². The van der Waals surface area contributed by atoms with E-state index >= 15 is 0 Å². The number of amides is 1. The highest BCUT2D eigenvalue weighted by Gasteiger charge is 2.44. The van der Waals surface area contributed by atoms with Crippen molar-refractivity contribution in [2.24, 2.45) is 0 Å². The van der Waals surface area contributed by atoms with E-state index in [4.69, 9.17) is 14.0 Å². The molecule has 0 saturated carbocycles. The maximum absolute atomic E-state index is 13.2. The second-order valence-corrected chi connectivity index (χ2v) is 8.07. The first kappa shape index (κ1) is 23.5. The number of carbonyl (C=O) groups is 2. The molecule has 0 radical (unpaired) electrons. The number of rotatable bonds is 6. The van der Waals surface area contributed by atoms with E-state index in [0.717, 1.165) is 27.6 Å². The third kappa shape index (κ3) is 4.55. The molecular weight excluding hydrogens is 448 g/mol. The number of hydrogen-bond acceptors (Lipinski definition) is 6. The van der Waals surface area contributed by atoms with Crippen LogP contribution in [0.1, 0.15) is 33.3 Å². The molecule has 2 N–H and O–H groups in total. The van der Waals surface area contributed by atoms with Gasteiger partial charge in [-0.15, -0.1) is 0 Å². The van der Waals surface area contributed by atoms with Crippen molar-refractivity contribution in [1.29, 1.82) is 0 Å². The number of aromatic nitrogens is 1. The van der Waals surface area contributed by atoms with Crippen LogP contribution in [-0.4, -0.2) is 39.4 Å². The minimum Gasteiger partial charge on any atom is -0.503 e. The number of nitrogens with one attached hydrogen (secondary N) is 1. The van der Waals surface area contributed by atoms with Crippen LogP contribution < -0.4 is 0 Å². The summed E-state index contributed by atoms with van der Waals surface area (Å²) >= 11 is 0. The molecule has 8 heteroatoms. The number of furan rings is 1. The Balaban J connectivity index is 0.000000917. The van der Waals surface area contributed by atoms with Gasteiger partial charge in [0.25, 0.3) is 5.91 Å². The molecule has 1 atom stereocenters. The molecule has 4 aromatic rings. The number of ketones is 1. The van der Waals surface area contributed by atoms with E-state index in [9.17, 15) is 14.7 Å². The van der Waals surface area contributed by atoms with Gasteiger partial charge < -0.3 is 19.4 Å². The van der Waals surface area contributed by atoms with E-state index in [1.807, 2.05) is 61.7 Å². The van der Waals surface area contributed by atoms with E-state index in [2.05, 4.69) is 4.98 Å². The van der Waals surface area contributed by atoms with Crippen LogP contribution in [0.15, 0.2) is 88.9 Å². The Labute approximate surface area is 200 Å². The van der Waals surface area contributed by atoms with Crippen LogP contribution in [0.5, 0.6) is 0 Å². The molecule has 1 amide bonds. The van der Waals surface area contributed by atoms with Gasteiger partial charge in [0.1, 0.15) is 0 Å². The first-order valence-corrected chi connectivity index (χ1v) is 10.9. The van der Waals surface area contributed by atoms with E-state index in [0.29, 0.717) is 13.0 Å². The van der Waals surface area contributed by atoms with Crippen molar-refractivity contribution in [1.82, 2.24) is 9.88 Å². The van der Waals surface area contributed by atoms with Crippen LogP contribution in [0, 0.1) is 6.92 Å². The highest BCUT2D eigenvalue weighted by molar-refractivity contribution is 6.15. The van der Waals surface area contributed by atoms with E-state index in [1.165, 1.54) is 12.3 Å². The van der Waals surface area contributed by atoms with Gasteiger partial charge >= 0.3 is 6.15 Å². The normalized spacial score (nSPS) is 15.2. The molecule has 5 rings (SSSR count). The molecule has 2 aromatic carbocycles. The van der Waals surface area contributed by atoms with Crippen molar-refractivity contribution < 1.29 is 28.7 Å². The van der Waals surface area contributed by atoms with Gasteiger partial charge in [-0.2, -0.15) is 9.59 Å². The quantitative estimate of drug-likeness (QED) is 0.405. The molecule has 1 unspecified atom stereocenters. The molecule has 0 spiro atoms. The summed E-state index contributed by atoms with van der Waals surface area (Å²) in [7, 11) is 0. The largest absolute Gasteiger partial charge is 0.503 e. The van der Waals surface area contributed by atoms with Gasteiger partial charge in [0.15, 0.2) is 11.5 Å². The number of Topliss-reactive ketones (excluding diaryl/α,β-unsaturated/α-hetero) is 1. The molecular formula is C27H22N2O6. The number of aryl methyl sites for hydroxylation is 1. The number of nitrogens with zero attached hydrogens (tertiary/aromatic N) is 1. The van der Waals surface area contributed by atoms with Gasteiger partial charge in [-0.3, -0.25) is 9.59 Å². The van der Waals surface area contributed by atoms with E-state index in [-0.39, 0.29) is 17.5 Å². The van der Waals surface area contributed by atoms with Crippen LogP contribution in [0.2, 0.25) is 0 Å². The average Bonchev–Trinajstić information content (AvgIpc) is 3.59. The summed E-state index contributed by atoms with van der Waals surface area (Å²) in [5, 5.41) is 11.8. The summed E-state index contributed by atoms with van der Waals surface area (Å²) < 4.78 is 5.27. The maximum Gasteiger partial charge on any atom is 0.373 e. The Bertz CT molecular complexity index is 1420. The fraction of sp³-hybridized carbons (Fsp3) is 0.148. The molecule has 0 fully saturated rings. The topological polar surface area (TPSA) is 121 Å². The summed E-state index contributed by atoms with van der Waals surface area (Å²) in [5.41, 5.74) is 3.98. The minimum absolute atomic E-state index is 0.0488. The summed E-state index contributed by atoms with van der Waals surface area (Å²) in [5.74, 6) is -1.46. The second kappa shape index (κ2) is 10.1. The highest BCUT2D eigenvalue weighted by atomic mass is 16.3. The second-order valence-electron chi connectivity index (χ2n) is 8.07. The maximum atomic E-state index is 13.2. The molecule has 1 aliphatic rings. The SMILES string of the molecule is Cc1ccc(C2C(C(=O)c3ccco3)=C(O)C(=O)N2CCc2c[nH]c3ccccc23)cc1.O=C=O. The summed E-state index contributed by atoms with van der Waals surface area (Å²) in [6.07, 6.45) is 4.17.